The van der Waals surface area contributed by atoms with Crippen molar-refractivity contribution in [2.24, 2.45) is 0 Å². The molecule has 0 aromatic rings. The fourth-order valence-corrected chi connectivity index (χ4v) is 1.37. The third-order valence-electron chi connectivity index (χ3n) is 2.19. The molecular formula is C9H17N2O-. The van der Waals surface area contributed by atoms with Crippen LogP contribution in [-0.2, 0) is 4.79 Å². The highest BCUT2D eigenvalue weighted by molar-refractivity contribution is 5.76. The molecule has 0 aliphatic carbocycles. The van der Waals surface area contributed by atoms with Gasteiger partial charge in [0.25, 0.3) is 0 Å². The van der Waals surface area contributed by atoms with Crippen LogP contribution in [0.1, 0.15) is 19.8 Å². The molecular weight excluding hydrogens is 152 g/mol. The summed E-state index contributed by atoms with van der Waals surface area (Å²) in [6, 6.07) is 0. The summed E-state index contributed by atoms with van der Waals surface area (Å²) in [7, 11) is 3.83. The number of carbonyl (C=O) groups excluding carboxylic acids is 1. The van der Waals surface area contributed by atoms with E-state index in [2.05, 4.69) is 7.05 Å². The highest BCUT2D eigenvalue weighted by atomic mass is 16.2. The molecule has 0 atom stereocenters. The highest BCUT2D eigenvalue weighted by Gasteiger charge is 2.15. The first-order chi connectivity index (χ1) is 5.74. The number of carbonyl (C=O) groups is 1. The van der Waals surface area contributed by atoms with Crippen molar-refractivity contribution in [3.05, 3.63) is 7.05 Å². The van der Waals surface area contributed by atoms with Gasteiger partial charge in [-0.2, -0.15) is 0 Å². The van der Waals surface area contributed by atoms with E-state index in [-0.39, 0.29) is 0 Å². The molecule has 0 aromatic heterocycles. The smallest absolute Gasteiger partial charge is 0.222 e. The van der Waals surface area contributed by atoms with E-state index in [0.29, 0.717) is 12.3 Å². The molecule has 0 bridgehead atoms. The average Bonchev–Trinajstić information content (AvgIpc) is 2.06. The van der Waals surface area contributed by atoms with Gasteiger partial charge in [-0.1, -0.05) is 6.92 Å². The molecule has 3 heteroatoms. The van der Waals surface area contributed by atoms with E-state index in [1.165, 1.54) is 0 Å². The Morgan fingerprint density at radius 1 is 1.33 bits per heavy atom. The summed E-state index contributed by atoms with van der Waals surface area (Å²) in [5, 5.41) is 0. The van der Waals surface area contributed by atoms with E-state index in [0.717, 1.165) is 32.6 Å². The topological polar surface area (TPSA) is 23.6 Å². The summed E-state index contributed by atoms with van der Waals surface area (Å²) >= 11 is 0. The normalized spacial score (nSPS) is 19.7. The number of amides is 1. The van der Waals surface area contributed by atoms with Crippen LogP contribution in [0.5, 0.6) is 0 Å². The molecule has 1 amide bonds. The van der Waals surface area contributed by atoms with Crippen LogP contribution in [0, 0.1) is 7.05 Å². The number of rotatable bonds is 2. The van der Waals surface area contributed by atoms with Gasteiger partial charge < -0.3 is 9.80 Å². The third-order valence-corrected chi connectivity index (χ3v) is 2.19. The second-order valence-electron chi connectivity index (χ2n) is 3.25. The second-order valence-corrected chi connectivity index (χ2v) is 3.25. The minimum Gasteiger partial charge on any atom is -0.456 e. The van der Waals surface area contributed by atoms with E-state index < -0.39 is 0 Å². The predicted molar refractivity (Wildman–Crippen MR) is 48.4 cm³/mol. The van der Waals surface area contributed by atoms with Crippen LogP contribution in [0.2, 0.25) is 0 Å². The third kappa shape index (κ3) is 2.48. The molecule has 0 spiro atoms. The Kier molecular flexibility index (Phi) is 3.53. The lowest BCUT2D eigenvalue weighted by atomic mass is 10.2. The van der Waals surface area contributed by atoms with Gasteiger partial charge in [-0.25, -0.2) is 0 Å². The molecule has 0 saturated carbocycles. The quantitative estimate of drug-likeness (QED) is 0.569. The van der Waals surface area contributed by atoms with Crippen molar-refractivity contribution in [3.8, 4) is 0 Å². The Bertz CT molecular complexity index is 151. The van der Waals surface area contributed by atoms with Crippen LogP contribution >= 0.6 is 0 Å². The van der Waals surface area contributed by atoms with E-state index in [1.54, 1.807) is 0 Å². The van der Waals surface area contributed by atoms with Gasteiger partial charge in [-0.15, -0.1) is 0 Å². The summed E-state index contributed by atoms with van der Waals surface area (Å²) in [4.78, 5) is 15.3. The zero-order chi connectivity index (χ0) is 8.97. The Labute approximate surface area is 74.3 Å². The highest BCUT2D eigenvalue weighted by Crippen LogP contribution is 2.03. The molecule has 1 aliphatic heterocycles. The number of piperazine rings is 1. The zero-order valence-corrected chi connectivity index (χ0v) is 7.75. The van der Waals surface area contributed by atoms with Crippen molar-refractivity contribution >= 4 is 5.91 Å². The summed E-state index contributed by atoms with van der Waals surface area (Å²) in [6.07, 6.45) is 1.64. The zero-order valence-electron chi connectivity index (χ0n) is 7.75. The van der Waals surface area contributed by atoms with Crippen molar-refractivity contribution < 1.29 is 4.79 Å². The summed E-state index contributed by atoms with van der Waals surface area (Å²) in [5.74, 6) is 0.297. The molecule has 1 fully saturated rings. The molecule has 1 aliphatic rings. The Morgan fingerprint density at radius 2 is 1.92 bits per heavy atom. The van der Waals surface area contributed by atoms with Gasteiger partial charge in [0.05, 0.1) is 0 Å². The monoisotopic (exact) mass is 169 g/mol. The molecule has 0 aromatic carbocycles. The van der Waals surface area contributed by atoms with Gasteiger partial charge in [0.1, 0.15) is 0 Å². The van der Waals surface area contributed by atoms with E-state index in [4.69, 9.17) is 0 Å². The maximum atomic E-state index is 11.4. The van der Waals surface area contributed by atoms with Crippen molar-refractivity contribution in [1.29, 1.82) is 0 Å². The first kappa shape index (κ1) is 9.52. The lowest BCUT2D eigenvalue weighted by molar-refractivity contribution is -0.132. The van der Waals surface area contributed by atoms with Crippen LogP contribution in [0.4, 0.5) is 0 Å². The molecule has 1 heterocycles. The van der Waals surface area contributed by atoms with Crippen LogP contribution in [0.15, 0.2) is 0 Å². The van der Waals surface area contributed by atoms with Gasteiger partial charge >= 0.3 is 0 Å². The number of hydrogen-bond donors (Lipinski definition) is 0. The van der Waals surface area contributed by atoms with E-state index >= 15 is 0 Å². The fraction of sp³-hybridized carbons (Fsp3) is 0.778. The van der Waals surface area contributed by atoms with Crippen LogP contribution in [-0.4, -0.2) is 41.9 Å². The standard InChI is InChI=1S/C9H17N2O/c1-3-4-9(12)11-7-5-10(2)6-8-11/h2-8H2,1H3/q-1. The minimum absolute atomic E-state index is 0.297. The fourth-order valence-electron chi connectivity index (χ4n) is 1.37. The maximum Gasteiger partial charge on any atom is 0.222 e. The van der Waals surface area contributed by atoms with Crippen molar-refractivity contribution in [2.45, 2.75) is 19.8 Å². The van der Waals surface area contributed by atoms with Gasteiger partial charge in [-0.05, 0) is 19.5 Å². The van der Waals surface area contributed by atoms with Crippen molar-refractivity contribution in [3.63, 3.8) is 0 Å². The first-order valence-corrected chi connectivity index (χ1v) is 4.57. The molecule has 3 nitrogen and oxygen atoms in total. The van der Waals surface area contributed by atoms with E-state index in [9.17, 15) is 4.79 Å². The molecule has 1 rings (SSSR count). The maximum absolute atomic E-state index is 11.4. The van der Waals surface area contributed by atoms with Crippen LogP contribution < -0.4 is 0 Å². The molecule has 0 unspecified atom stereocenters. The van der Waals surface area contributed by atoms with Crippen molar-refractivity contribution in [1.82, 2.24) is 9.80 Å². The summed E-state index contributed by atoms with van der Waals surface area (Å²) in [5.41, 5.74) is 0. The average molecular weight is 169 g/mol. The predicted octanol–water partition coefficient (Wildman–Crippen LogP) is 0.722. The van der Waals surface area contributed by atoms with Gasteiger partial charge in [-0.3, -0.25) is 11.8 Å². The number of nitrogens with zero attached hydrogens (tertiary/aromatic N) is 2. The largest absolute Gasteiger partial charge is 0.456 e. The number of hydrogen-bond acceptors (Lipinski definition) is 2. The Hall–Kier alpha value is -0.570. The van der Waals surface area contributed by atoms with Crippen molar-refractivity contribution in [2.75, 3.05) is 26.2 Å². The Balaban J connectivity index is 2.29. The van der Waals surface area contributed by atoms with Gasteiger partial charge in [0.2, 0.25) is 5.91 Å². The molecule has 70 valence electrons. The summed E-state index contributed by atoms with van der Waals surface area (Å²) < 4.78 is 0. The SMILES string of the molecule is [CH2-]N1CCN(C(=O)CCC)CC1. The van der Waals surface area contributed by atoms with E-state index in [1.807, 2.05) is 16.7 Å². The van der Waals surface area contributed by atoms with Crippen LogP contribution in [0.25, 0.3) is 0 Å². The first-order valence-electron chi connectivity index (χ1n) is 4.57. The molecule has 0 radical (unpaired) electrons. The molecule has 12 heavy (non-hydrogen) atoms. The summed E-state index contributed by atoms with van der Waals surface area (Å²) in [6.45, 7) is 5.56. The van der Waals surface area contributed by atoms with Crippen LogP contribution in [0.3, 0.4) is 0 Å². The lowest BCUT2D eigenvalue weighted by Crippen LogP contribution is -2.46. The lowest BCUT2D eigenvalue weighted by Gasteiger charge is -2.37. The van der Waals surface area contributed by atoms with Gasteiger partial charge in [0.15, 0.2) is 0 Å². The van der Waals surface area contributed by atoms with Gasteiger partial charge in [0, 0.05) is 19.5 Å². The molecule has 1 saturated heterocycles. The molecule has 0 N–H and O–H groups in total. The second kappa shape index (κ2) is 4.45. The Morgan fingerprint density at radius 3 is 2.42 bits per heavy atom. The minimum atomic E-state index is 0.297.